The Bertz CT molecular complexity index is 755. The van der Waals surface area contributed by atoms with Gasteiger partial charge in [0.25, 0.3) is 0 Å². The van der Waals surface area contributed by atoms with Crippen molar-refractivity contribution in [3.8, 4) is 0 Å². The van der Waals surface area contributed by atoms with E-state index in [0.29, 0.717) is 0 Å². The van der Waals surface area contributed by atoms with Gasteiger partial charge in [0.15, 0.2) is 5.54 Å². The van der Waals surface area contributed by atoms with E-state index in [1.165, 1.54) is 203 Å². The predicted molar refractivity (Wildman–Crippen MR) is 209 cm³/mol. The lowest BCUT2D eigenvalue weighted by atomic mass is 9.86. The Kier molecular flexibility index (Phi) is 34.0. The average molecular weight is 673 g/mol. The molecule has 274 valence electrons. The second-order valence-corrected chi connectivity index (χ2v) is 14.8. The molecule has 1 nitrogen and oxygen atoms in total. The van der Waals surface area contributed by atoms with Gasteiger partial charge in [0, 0.05) is 5.56 Å². The molecule has 0 heterocycles. The quantitative estimate of drug-likeness (QED) is 0.0549. The smallest absolute Gasteiger partial charge is 0.160 e. The van der Waals surface area contributed by atoms with Gasteiger partial charge in [-0.15, -0.1) is 0 Å². The summed E-state index contributed by atoms with van der Waals surface area (Å²) < 4.78 is 0. The first-order valence-corrected chi connectivity index (χ1v) is 20.9. The number of halogens is 1. The highest BCUT2D eigenvalue weighted by atomic mass is 35.5. The molecule has 0 aliphatic carbocycles. The highest BCUT2D eigenvalue weighted by Crippen LogP contribution is 2.23. The summed E-state index contributed by atoms with van der Waals surface area (Å²) in [6, 6.07) is 11.2. The fourth-order valence-electron chi connectivity index (χ4n) is 7.04. The third kappa shape index (κ3) is 25.6. The Balaban J connectivity index is 0.0000212. The minimum Gasteiger partial charge on any atom is -1.00 e. The van der Waals surface area contributed by atoms with Crippen LogP contribution >= 0.6 is 0 Å². The van der Waals surface area contributed by atoms with Crippen LogP contribution in [0, 0.1) is 0 Å². The second kappa shape index (κ2) is 34.8. The largest absolute Gasteiger partial charge is 1.00 e. The molecule has 0 bridgehead atoms. The van der Waals surface area contributed by atoms with Gasteiger partial charge < -0.3 is 17.3 Å². The van der Waals surface area contributed by atoms with E-state index in [1.807, 2.05) is 0 Å². The van der Waals surface area contributed by atoms with Gasteiger partial charge in [-0.3, -0.25) is 0 Å². The molecule has 0 unspecified atom stereocenters. The molecule has 0 radical (unpaired) electrons. The molecule has 0 fully saturated rings. The van der Waals surface area contributed by atoms with E-state index in [-0.39, 0.29) is 17.9 Å². The lowest BCUT2D eigenvalue weighted by Crippen LogP contribution is -3.13. The van der Waals surface area contributed by atoms with E-state index in [1.54, 1.807) is 0 Å². The number of benzene rings is 1. The standard InChI is InChI=1S/C45H81N.ClH/c1-5-7-9-11-13-15-17-19-21-23-25-27-29-31-33-38-42-45(46(3)4,44-40-36-35-37-41-44)43-39-34-32-30-28-26-24-22-20-18-16-14-12-10-8-6-2;/h35-43H,5-34H2,1-4H3;1H. The lowest BCUT2D eigenvalue weighted by molar-refractivity contribution is -0.906. The van der Waals surface area contributed by atoms with Crippen LogP contribution in [-0.4, -0.2) is 14.1 Å². The average Bonchev–Trinajstić information content (AvgIpc) is 3.07. The van der Waals surface area contributed by atoms with Gasteiger partial charge in [-0.25, -0.2) is 0 Å². The third-order valence-corrected chi connectivity index (χ3v) is 10.3. The molecule has 0 atom stereocenters. The van der Waals surface area contributed by atoms with Gasteiger partial charge in [-0.05, 0) is 37.8 Å². The predicted octanol–water partition coefficient (Wildman–Crippen LogP) is 10.9. The molecule has 0 aliphatic heterocycles. The van der Waals surface area contributed by atoms with Crippen molar-refractivity contribution in [1.29, 1.82) is 0 Å². The maximum atomic E-state index is 2.52. The molecular formula is C45H82ClN. The van der Waals surface area contributed by atoms with Crippen molar-refractivity contribution < 1.29 is 17.3 Å². The number of hydrogen-bond donors (Lipinski definition) is 1. The van der Waals surface area contributed by atoms with Crippen LogP contribution in [0.2, 0.25) is 0 Å². The first-order chi connectivity index (χ1) is 22.7. The van der Waals surface area contributed by atoms with Crippen molar-refractivity contribution >= 4 is 0 Å². The maximum Gasteiger partial charge on any atom is 0.160 e. The number of nitrogens with one attached hydrogen (secondary N) is 1. The zero-order chi connectivity index (χ0) is 33.2. The van der Waals surface area contributed by atoms with Crippen LogP contribution in [0.3, 0.4) is 0 Å². The van der Waals surface area contributed by atoms with Crippen molar-refractivity contribution in [1.82, 2.24) is 0 Å². The van der Waals surface area contributed by atoms with Gasteiger partial charge >= 0.3 is 0 Å². The van der Waals surface area contributed by atoms with Gasteiger partial charge in [0.2, 0.25) is 0 Å². The summed E-state index contributed by atoms with van der Waals surface area (Å²) in [4.78, 5) is 1.47. The van der Waals surface area contributed by atoms with Crippen LogP contribution in [0.5, 0.6) is 0 Å². The molecule has 0 saturated heterocycles. The minimum atomic E-state index is -0.0761. The summed E-state index contributed by atoms with van der Waals surface area (Å²) in [6.45, 7) is 4.61. The van der Waals surface area contributed by atoms with E-state index >= 15 is 0 Å². The minimum absolute atomic E-state index is 0. The normalized spacial score (nSPS) is 13.1. The van der Waals surface area contributed by atoms with Crippen LogP contribution in [0.15, 0.2) is 54.6 Å². The van der Waals surface area contributed by atoms with Crippen molar-refractivity contribution in [2.24, 2.45) is 0 Å². The number of unbranched alkanes of at least 4 members (excludes halogenated alkanes) is 28. The molecule has 1 rings (SSSR count). The summed E-state index contributed by atoms with van der Waals surface area (Å²) in [5.74, 6) is 0. The molecule has 2 heteroatoms. The monoisotopic (exact) mass is 672 g/mol. The van der Waals surface area contributed by atoms with Gasteiger partial charge in [0.05, 0.1) is 14.1 Å². The lowest BCUT2D eigenvalue weighted by Gasteiger charge is -2.32. The molecular weight excluding hydrogens is 590 g/mol. The SMILES string of the molecule is CCCCCCCCCCCCCCCCC=CC(C=CCCCCCCCCCCCCCCCC)(c1ccccc1)[NH+](C)C.[Cl-]. The van der Waals surface area contributed by atoms with Crippen LogP contribution in [-0.2, 0) is 5.54 Å². The van der Waals surface area contributed by atoms with Crippen molar-refractivity contribution in [2.75, 3.05) is 14.1 Å². The van der Waals surface area contributed by atoms with E-state index in [4.69, 9.17) is 0 Å². The summed E-state index contributed by atoms with van der Waals surface area (Å²) in [5, 5.41) is 0. The van der Waals surface area contributed by atoms with E-state index in [0.717, 1.165) is 0 Å². The first kappa shape index (κ1) is 46.0. The molecule has 0 spiro atoms. The zero-order valence-corrected chi connectivity index (χ0v) is 33.0. The topological polar surface area (TPSA) is 4.44 Å². The highest BCUT2D eigenvalue weighted by Gasteiger charge is 2.32. The Labute approximate surface area is 302 Å². The fraction of sp³-hybridized carbons (Fsp3) is 0.778. The van der Waals surface area contributed by atoms with Gasteiger partial charge in [-0.2, -0.15) is 0 Å². The molecule has 1 aromatic carbocycles. The molecule has 0 aliphatic rings. The first-order valence-electron chi connectivity index (χ1n) is 20.9. The summed E-state index contributed by atoms with van der Waals surface area (Å²) >= 11 is 0. The zero-order valence-electron chi connectivity index (χ0n) is 32.3. The molecule has 0 aromatic heterocycles. The molecule has 1 N–H and O–H groups in total. The number of likely N-dealkylation sites (N-methyl/N-ethyl adjacent to an activating group) is 1. The molecule has 0 amide bonds. The highest BCUT2D eigenvalue weighted by molar-refractivity contribution is 5.32. The number of quaternary nitrogens is 1. The Hall–Kier alpha value is -1.05. The van der Waals surface area contributed by atoms with Crippen LogP contribution in [0.25, 0.3) is 0 Å². The summed E-state index contributed by atoms with van der Waals surface area (Å²) in [6.07, 6.45) is 52.3. The van der Waals surface area contributed by atoms with E-state index in [2.05, 4.69) is 82.6 Å². The Morgan fingerprint density at radius 3 is 0.979 bits per heavy atom. The van der Waals surface area contributed by atoms with Crippen LogP contribution < -0.4 is 17.3 Å². The maximum absolute atomic E-state index is 2.52. The van der Waals surface area contributed by atoms with Gasteiger partial charge in [-0.1, -0.05) is 223 Å². The van der Waals surface area contributed by atoms with Crippen LogP contribution in [0.4, 0.5) is 0 Å². The molecule has 1 aromatic rings. The molecule has 47 heavy (non-hydrogen) atoms. The second-order valence-electron chi connectivity index (χ2n) is 14.8. The number of allylic oxidation sites excluding steroid dienone is 2. The Morgan fingerprint density at radius 2 is 0.702 bits per heavy atom. The summed E-state index contributed by atoms with van der Waals surface area (Å²) in [7, 11) is 4.64. The van der Waals surface area contributed by atoms with Crippen LogP contribution in [0.1, 0.15) is 212 Å². The van der Waals surface area contributed by atoms with E-state index in [9.17, 15) is 0 Å². The Morgan fingerprint density at radius 1 is 0.426 bits per heavy atom. The van der Waals surface area contributed by atoms with E-state index < -0.39 is 0 Å². The van der Waals surface area contributed by atoms with Crippen molar-refractivity contribution in [3.63, 3.8) is 0 Å². The van der Waals surface area contributed by atoms with Crippen molar-refractivity contribution in [2.45, 2.75) is 212 Å². The fourth-order valence-corrected chi connectivity index (χ4v) is 7.04. The van der Waals surface area contributed by atoms with Crippen molar-refractivity contribution in [3.05, 3.63) is 60.2 Å². The molecule has 0 saturated carbocycles. The summed E-state index contributed by atoms with van der Waals surface area (Å²) in [5.41, 5.74) is 1.33. The third-order valence-electron chi connectivity index (χ3n) is 10.3. The van der Waals surface area contributed by atoms with Gasteiger partial charge in [0.1, 0.15) is 0 Å². The number of rotatable bonds is 34. The number of hydrogen-bond acceptors (Lipinski definition) is 0.